The summed E-state index contributed by atoms with van der Waals surface area (Å²) in [5.41, 5.74) is -0.0505. The van der Waals surface area contributed by atoms with Gasteiger partial charge in [-0.25, -0.2) is 4.39 Å². The topological polar surface area (TPSA) is 42.2 Å². The third-order valence-electron chi connectivity index (χ3n) is 1.51. The van der Waals surface area contributed by atoms with E-state index in [0.717, 1.165) is 12.1 Å². The van der Waals surface area contributed by atoms with E-state index >= 15 is 0 Å². The Morgan fingerprint density at radius 3 is 2.44 bits per heavy atom. The highest BCUT2D eigenvalue weighted by atomic mass is 19.4. The van der Waals surface area contributed by atoms with Crippen molar-refractivity contribution >= 4 is 0 Å². The minimum absolute atomic E-state index is 0.0505. The van der Waals surface area contributed by atoms with E-state index in [1.54, 1.807) is 6.07 Å². The summed E-state index contributed by atoms with van der Waals surface area (Å²) in [6, 6.07) is 4.66. The third-order valence-corrected chi connectivity index (χ3v) is 1.51. The molecule has 3 nitrogen and oxygen atoms in total. The molecular formula is C9H5F4NO2. The van der Waals surface area contributed by atoms with Crippen LogP contribution in [-0.4, -0.2) is 13.2 Å². The number of halogens is 4. The lowest BCUT2D eigenvalue weighted by Crippen LogP contribution is -2.17. The second kappa shape index (κ2) is 4.70. The zero-order valence-electron chi connectivity index (χ0n) is 7.71. The number of hydrogen-bond donors (Lipinski definition) is 0. The van der Waals surface area contributed by atoms with Gasteiger partial charge < -0.3 is 9.47 Å². The quantitative estimate of drug-likeness (QED) is 0.756. The van der Waals surface area contributed by atoms with Crippen molar-refractivity contribution in [1.29, 1.82) is 5.26 Å². The first-order valence-corrected chi connectivity index (χ1v) is 3.95. The van der Waals surface area contributed by atoms with Gasteiger partial charge in [-0.15, -0.1) is 13.2 Å². The minimum atomic E-state index is -4.93. The maximum absolute atomic E-state index is 11.9. The van der Waals surface area contributed by atoms with Gasteiger partial charge in [-0.2, -0.15) is 5.26 Å². The van der Waals surface area contributed by atoms with Crippen molar-refractivity contribution in [1.82, 2.24) is 0 Å². The van der Waals surface area contributed by atoms with Crippen molar-refractivity contribution in [2.75, 3.05) is 6.86 Å². The summed E-state index contributed by atoms with van der Waals surface area (Å²) in [7, 11) is 0. The van der Waals surface area contributed by atoms with Crippen molar-refractivity contribution in [2.45, 2.75) is 6.36 Å². The second-order valence-corrected chi connectivity index (χ2v) is 2.57. The van der Waals surface area contributed by atoms with E-state index in [-0.39, 0.29) is 5.56 Å². The maximum atomic E-state index is 11.9. The highest BCUT2D eigenvalue weighted by Crippen LogP contribution is 2.33. The monoisotopic (exact) mass is 235 g/mol. The van der Waals surface area contributed by atoms with E-state index in [9.17, 15) is 17.6 Å². The summed E-state index contributed by atoms with van der Waals surface area (Å²) in [5.74, 6) is -1.16. The van der Waals surface area contributed by atoms with Gasteiger partial charge in [0.25, 0.3) is 0 Å². The van der Waals surface area contributed by atoms with Gasteiger partial charge in [0, 0.05) is 6.07 Å². The number of hydrogen-bond acceptors (Lipinski definition) is 3. The van der Waals surface area contributed by atoms with Crippen LogP contribution < -0.4 is 9.47 Å². The van der Waals surface area contributed by atoms with Crippen LogP contribution in [-0.2, 0) is 0 Å². The van der Waals surface area contributed by atoms with E-state index in [4.69, 9.17) is 5.26 Å². The van der Waals surface area contributed by atoms with E-state index < -0.39 is 24.7 Å². The number of benzene rings is 1. The van der Waals surface area contributed by atoms with Gasteiger partial charge in [0.15, 0.2) is 11.5 Å². The lowest BCUT2D eigenvalue weighted by Gasteiger charge is -2.12. The highest BCUT2D eigenvalue weighted by molar-refractivity contribution is 5.46. The van der Waals surface area contributed by atoms with Crippen LogP contribution in [0.5, 0.6) is 11.5 Å². The largest absolute Gasteiger partial charge is 0.573 e. The number of nitriles is 1. The molecule has 0 bridgehead atoms. The van der Waals surface area contributed by atoms with Gasteiger partial charge in [-0.3, -0.25) is 0 Å². The fraction of sp³-hybridized carbons (Fsp3) is 0.222. The van der Waals surface area contributed by atoms with Gasteiger partial charge in [0.05, 0.1) is 11.6 Å². The van der Waals surface area contributed by atoms with Gasteiger partial charge in [-0.1, -0.05) is 0 Å². The van der Waals surface area contributed by atoms with Gasteiger partial charge in [-0.05, 0) is 12.1 Å². The molecule has 0 aliphatic carbocycles. The molecule has 0 atom stereocenters. The summed E-state index contributed by atoms with van der Waals surface area (Å²) < 4.78 is 55.5. The van der Waals surface area contributed by atoms with Crippen LogP contribution in [0.3, 0.4) is 0 Å². The van der Waals surface area contributed by atoms with Crippen molar-refractivity contribution in [3.8, 4) is 17.6 Å². The fourth-order valence-electron chi connectivity index (χ4n) is 0.960. The average Bonchev–Trinajstić information content (AvgIpc) is 2.18. The summed E-state index contributed by atoms with van der Waals surface area (Å²) in [6.07, 6.45) is -4.93. The van der Waals surface area contributed by atoms with Crippen LogP contribution in [0.1, 0.15) is 5.56 Å². The zero-order chi connectivity index (χ0) is 12.2. The second-order valence-electron chi connectivity index (χ2n) is 2.57. The molecule has 1 aromatic carbocycles. The van der Waals surface area contributed by atoms with Crippen LogP contribution in [0.4, 0.5) is 17.6 Å². The molecular weight excluding hydrogens is 230 g/mol. The van der Waals surface area contributed by atoms with Gasteiger partial charge in [0.1, 0.15) is 0 Å². The Hall–Kier alpha value is -1.97. The van der Waals surface area contributed by atoms with Crippen LogP contribution >= 0.6 is 0 Å². The normalized spacial score (nSPS) is 10.7. The minimum Gasteiger partial charge on any atom is -0.459 e. The summed E-state index contributed by atoms with van der Waals surface area (Å²) in [4.78, 5) is 0. The molecule has 0 saturated carbocycles. The first-order chi connectivity index (χ1) is 7.46. The number of nitrogens with zero attached hydrogens (tertiary/aromatic N) is 1. The average molecular weight is 235 g/mol. The molecule has 0 fully saturated rings. The smallest absolute Gasteiger partial charge is 0.459 e. The Morgan fingerprint density at radius 1 is 1.25 bits per heavy atom. The fourth-order valence-corrected chi connectivity index (χ4v) is 0.960. The molecule has 16 heavy (non-hydrogen) atoms. The molecule has 7 heteroatoms. The van der Waals surface area contributed by atoms with E-state index in [0.29, 0.717) is 0 Å². The third kappa shape index (κ3) is 3.31. The SMILES string of the molecule is N#Cc1ccc(OCF)c(OC(F)(F)F)c1. The van der Waals surface area contributed by atoms with Crippen molar-refractivity contribution in [3.05, 3.63) is 23.8 Å². The molecule has 0 aromatic heterocycles. The summed E-state index contributed by atoms with van der Waals surface area (Å²) >= 11 is 0. The Labute approximate surface area is 87.8 Å². The van der Waals surface area contributed by atoms with Gasteiger partial charge in [0.2, 0.25) is 6.86 Å². The van der Waals surface area contributed by atoms with Crippen molar-refractivity contribution in [2.24, 2.45) is 0 Å². The van der Waals surface area contributed by atoms with E-state index in [1.807, 2.05) is 0 Å². The number of ether oxygens (including phenoxy) is 2. The molecule has 0 spiro atoms. The van der Waals surface area contributed by atoms with E-state index in [2.05, 4.69) is 9.47 Å². The van der Waals surface area contributed by atoms with Crippen molar-refractivity contribution in [3.63, 3.8) is 0 Å². The van der Waals surface area contributed by atoms with Gasteiger partial charge >= 0.3 is 6.36 Å². The van der Waals surface area contributed by atoms with Crippen LogP contribution in [0, 0.1) is 11.3 Å². The molecule has 0 radical (unpaired) electrons. The Bertz CT molecular complexity index is 411. The Kier molecular flexibility index (Phi) is 3.55. The molecule has 0 N–H and O–H groups in total. The molecule has 0 unspecified atom stereocenters. The standard InChI is InChI=1S/C9H5F4NO2/c10-5-15-7-2-1-6(4-14)3-8(7)16-9(11,12)13/h1-3H,5H2. The number of rotatable bonds is 3. The van der Waals surface area contributed by atoms with Crippen LogP contribution in [0.15, 0.2) is 18.2 Å². The van der Waals surface area contributed by atoms with E-state index in [1.165, 1.54) is 6.07 Å². The van der Waals surface area contributed by atoms with Crippen LogP contribution in [0.2, 0.25) is 0 Å². The lowest BCUT2D eigenvalue weighted by atomic mass is 10.2. The molecule has 0 saturated heterocycles. The molecule has 0 aliphatic rings. The zero-order valence-corrected chi connectivity index (χ0v) is 7.71. The maximum Gasteiger partial charge on any atom is 0.573 e. The first kappa shape index (κ1) is 12.1. The van der Waals surface area contributed by atoms with Crippen molar-refractivity contribution < 1.29 is 27.0 Å². The highest BCUT2D eigenvalue weighted by Gasteiger charge is 2.32. The molecule has 1 rings (SSSR count). The Morgan fingerprint density at radius 2 is 1.94 bits per heavy atom. The number of alkyl halides is 4. The predicted octanol–water partition coefficient (Wildman–Crippen LogP) is 2.76. The Balaban J connectivity index is 3.06. The molecule has 0 heterocycles. The first-order valence-electron chi connectivity index (χ1n) is 3.95. The lowest BCUT2D eigenvalue weighted by molar-refractivity contribution is -0.275. The summed E-state index contributed by atoms with van der Waals surface area (Å²) in [5, 5.41) is 8.48. The predicted molar refractivity (Wildman–Crippen MR) is 44.4 cm³/mol. The molecule has 0 amide bonds. The summed E-state index contributed by atoms with van der Waals surface area (Å²) in [6.45, 7) is -1.29. The molecule has 0 aliphatic heterocycles. The molecule has 86 valence electrons. The van der Waals surface area contributed by atoms with Crippen LogP contribution in [0.25, 0.3) is 0 Å². The molecule has 1 aromatic rings.